The van der Waals surface area contributed by atoms with Gasteiger partial charge in [-0.25, -0.2) is 0 Å². The Bertz CT molecular complexity index is 198. The standard InChI is InChI=1S/C12H20/c1-5-7-11(10(2)3)12(4)8-6-9-12/h10-11H,6,8-9H2,1-4H3. The van der Waals surface area contributed by atoms with Gasteiger partial charge in [0.1, 0.15) is 0 Å². The molecule has 0 aromatic rings. The van der Waals surface area contributed by atoms with Gasteiger partial charge in [0, 0.05) is 5.92 Å². The minimum atomic E-state index is 0.539. The van der Waals surface area contributed by atoms with Crippen LogP contribution in [0.5, 0.6) is 0 Å². The minimum Gasteiger partial charge on any atom is -0.106 e. The first-order valence-electron chi connectivity index (χ1n) is 5.02. The molecule has 0 aliphatic heterocycles. The van der Waals surface area contributed by atoms with Crippen molar-refractivity contribution < 1.29 is 0 Å². The van der Waals surface area contributed by atoms with Crippen molar-refractivity contribution in [3.8, 4) is 11.8 Å². The molecule has 0 heterocycles. The predicted octanol–water partition coefficient (Wildman–Crippen LogP) is 3.47. The summed E-state index contributed by atoms with van der Waals surface area (Å²) in [6.45, 7) is 8.93. The lowest BCUT2D eigenvalue weighted by Crippen LogP contribution is -2.36. The van der Waals surface area contributed by atoms with Crippen LogP contribution in [0.2, 0.25) is 0 Å². The zero-order valence-corrected chi connectivity index (χ0v) is 8.78. The summed E-state index contributed by atoms with van der Waals surface area (Å²) in [5.41, 5.74) is 0.539. The van der Waals surface area contributed by atoms with Crippen LogP contribution >= 0.6 is 0 Å². The van der Waals surface area contributed by atoms with E-state index in [0.29, 0.717) is 17.3 Å². The normalized spacial score (nSPS) is 22.4. The van der Waals surface area contributed by atoms with Gasteiger partial charge in [0.15, 0.2) is 0 Å². The molecule has 1 rings (SSSR count). The molecule has 0 N–H and O–H groups in total. The SMILES string of the molecule is CC#CC(C(C)C)C1(C)CCC1. The van der Waals surface area contributed by atoms with Crippen LogP contribution in [0.3, 0.4) is 0 Å². The molecular formula is C12H20. The molecule has 1 aliphatic rings. The van der Waals surface area contributed by atoms with Crippen LogP contribution in [-0.4, -0.2) is 0 Å². The number of hydrogen-bond donors (Lipinski definition) is 0. The van der Waals surface area contributed by atoms with E-state index in [2.05, 4.69) is 32.6 Å². The van der Waals surface area contributed by atoms with Gasteiger partial charge in [-0.15, -0.1) is 5.92 Å². The molecule has 0 heteroatoms. The lowest BCUT2D eigenvalue weighted by atomic mass is 9.60. The highest BCUT2D eigenvalue weighted by Gasteiger charge is 2.39. The highest BCUT2D eigenvalue weighted by atomic mass is 14.4. The zero-order valence-electron chi connectivity index (χ0n) is 8.78. The van der Waals surface area contributed by atoms with Crippen LogP contribution in [0.25, 0.3) is 0 Å². The molecule has 0 nitrogen and oxygen atoms in total. The fourth-order valence-electron chi connectivity index (χ4n) is 2.35. The highest BCUT2D eigenvalue weighted by Crippen LogP contribution is 2.48. The third-order valence-electron chi connectivity index (χ3n) is 3.21. The third kappa shape index (κ3) is 1.66. The van der Waals surface area contributed by atoms with Crippen molar-refractivity contribution in [1.29, 1.82) is 0 Å². The van der Waals surface area contributed by atoms with Crippen molar-refractivity contribution in [3.05, 3.63) is 0 Å². The molecule has 68 valence electrons. The second-order valence-corrected chi connectivity index (χ2v) is 4.62. The lowest BCUT2D eigenvalue weighted by Gasteiger charge is -2.44. The molecule has 1 atom stereocenters. The van der Waals surface area contributed by atoms with Crippen molar-refractivity contribution in [2.75, 3.05) is 0 Å². The van der Waals surface area contributed by atoms with Crippen molar-refractivity contribution in [2.24, 2.45) is 17.3 Å². The first-order chi connectivity index (χ1) is 5.60. The number of rotatable bonds is 2. The summed E-state index contributed by atoms with van der Waals surface area (Å²) < 4.78 is 0. The molecule has 12 heavy (non-hydrogen) atoms. The summed E-state index contributed by atoms with van der Waals surface area (Å²) in [5, 5.41) is 0. The van der Waals surface area contributed by atoms with Gasteiger partial charge < -0.3 is 0 Å². The summed E-state index contributed by atoms with van der Waals surface area (Å²) >= 11 is 0. The Hall–Kier alpha value is -0.440. The van der Waals surface area contributed by atoms with Gasteiger partial charge in [0.25, 0.3) is 0 Å². The van der Waals surface area contributed by atoms with E-state index in [1.807, 2.05) is 6.92 Å². The van der Waals surface area contributed by atoms with Crippen molar-refractivity contribution in [2.45, 2.75) is 47.0 Å². The van der Waals surface area contributed by atoms with Gasteiger partial charge in [-0.1, -0.05) is 33.1 Å². The van der Waals surface area contributed by atoms with Crippen LogP contribution in [-0.2, 0) is 0 Å². The summed E-state index contributed by atoms with van der Waals surface area (Å²) in [4.78, 5) is 0. The Morgan fingerprint density at radius 3 is 2.08 bits per heavy atom. The van der Waals surface area contributed by atoms with Crippen molar-refractivity contribution >= 4 is 0 Å². The van der Waals surface area contributed by atoms with Gasteiger partial charge in [-0.05, 0) is 31.1 Å². The monoisotopic (exact) mass is 164 g/mol. The van der Waals surface area contributed by atoms with E-state index in [0.717, 1.165) is 0 Å². The van der Waals surface area contributed by atoms with E-state index < -0.39 is 0 Å². The Kier molecular flexibility index (Phi) is 2.83. The van der Waals surface area contributed by atoms with Crippen LogP contribution in [0.15, 0.2) is 0 Å². The highest BCUT2D eigenvalue weighted by molar-refractivity contribution is 5.09. The zero-order chi connectivity index (χ0) is 9.19. The van der Waals surface area contributed by atoms with E-state index in [1.54, 1.807) is 0 Å². The number of hydrogen-bond acceptors (Lipinski definition) is 0. The Morgan fingerprint density at radius 1 is 1.25 bits per heavy atom. The lowest BCUT2D eigenvalue weighted by molar-refractivity contribution is 0.0777. The molecule has 1 saturated carbocycles. The van der Waals surface area contributed by atoms with Gasteiger partial charge in [-0.2, -0.15) is 0 Å². The van der Waals surface area contributed by atoms with Crippen LogP contribution < -0.4 is 0 Å². The van der Waals surface area contributed by atoms with Gasteiger partial charge in [0.05, 0.1) is 0 Å². The quantitative estimate of drug-likeness (QED) is 0.548. The van der Waals surface area contributed by atoms with Crippen LogP contribution in [0.1, 0.15) is 47.0 Å². The molecule has 0 amide bonds. The molecule has 0 bridgehead atoms. The molecule has 0 spiro atoms. The Morgan fingerprint density at radius 2 is 1.83 bits per heavy atom. The summed E-state index contributed by atoms with van der Waals surface area (Å²) in [5.74, 6) is 7.78. The topological polar surface area (TPSA) is 0 Å². The average Bonchev–Trinajstić information content (AvgIpc) is 1.95. The van der Waals surface area contributed by atoms with Crippen molar-refractivity contribution in [3.63, 3.8) is 0 Å². The molecule has 0 saturated heterocycles. The maximum absolute atomic E-state index is 3.37. The summed E-state index contributed by atoms with van der Waals surface area (Å²) in [7, 11) is 0. The van der Waals surface area contributed by atoms with Gasteiger partial charge in [-0.3, -0.25) is 0 Å². The Balaban J connectivity index is 2.69. The fourth-order valence-corrected chi connectivity index (χ4v) is 2.35. The van der Waals surface area contributed by atoms with E-state index in [4.69, 9.17) is 0 Å². The predicted molar refractivity (Wildman–Crippen MR) is 53.7 cm³/mol. The van der Waals surface area contributed by atoms with E-state index >= 15 is 0 Å². The largest absolute Gasteiger partial charge is 0.106 e. The van der Waals surface area contributed by atoms with Crippen LogP contribution in [0.4, 0.5) is 0 Å². The van der Waals surface area contributed by atoms with Crippen molar-refractivity contribution in [1.82, 2.24) is 0 Å². The van der Waals surface area contributed by atoms with Crippen LogP contribution in [0, 0.1) is 29.1 Å². The van der Waals surface area contributed by atoms with Gasteiger partial charge >= 0.3 is 0 Å². The second-order valence-electron chi connectivity index (χ2n) is 4.62. The molecule has 1 aliphatic carbocycles. The molecule has 1 fully saturated rings. The smallest absolute Gasteiger partial charge is 0.0279 e. The maximum Gasteiger partial charge on any atom is 0.0279 e. The van der Waals surface area contributed by atoms with E-state index in [1.165, 1.54) is 19.3 Å². The molecule has 0 aromatic carbocycles. The summed E-state index contributed by atoms with van der Waals surface area (Å²) in [6, 6.07) is 0. The average molecular weight is 164 g/mol. The maximum atomic E-state index is 3.37. The minimum absolute atomic E-state index is 0.539. The van der Waals surface area contributed by atoms with E-state index in [-0.39, 0.29) is 0 Å². The fraction of sp³-hybridized carbons (Fsp3) is 0.833. The molecule has 0 radical (unpaired) electrons. The third-order valence-corrected chi connectivity index (χ3v) is 3.21. The Labute approximate surface area is 76.7 Å². The molecular weight excluding hydrogens is 144 g/mol. The molecule has 0 aromatic heterocycles. The van der Waals surface area contributed by atoms with E-state index in [9.17, 15) is 0 Å². The first-order valence-corrected chi connectivity index (χ1v) is 5.02. The van der Waals surface area contributed by atoms with Gasteiger partial charge in [0.2, 0.25) is 0 Å². The molecule has 1 unspecified atom stereocenters. The first kappa shape index (κ1) is 9.65. The summed E-state index contributed by atoms with van der Waals surface area (Å²) in [6.07, 6.45) is 4.17. The second kappa shape index (κ2) is 3.52.